The van der Waals surface area contributed by atoms with Crippen LogP contribution in [0.4, 0.5) is 0 Å². The fourth-order valence-corrected chi connectivity index (χ4v) is 2.29. The van der Waals surface area contributed by atoms with Crippen LogP contribution in [0.1, 0.15) is 59.3 Å². The molecule has 0 N–H and O–H groups in total. The van der Waals surface area contributed by atoms with Crippen LogP contribution >= 0.6 is 0 Å². The van der Waals surface area contributed by atoms with Gasteiger partial charge in [0.25, 0.3) is 0 Å². The lowest BCUT2D eigenvalue weighted by molar-refractivity contribution is 0.356. The standard InChI is InChI=1S/C16H30/c1-6-8-10-15(4)13-16(5)12-11-14(3)9-7-2/h7,9,14-16H,1-2,6,8,10-13H2,3-5H3. The Kier molecular flexibility index (Phi) is 9.77. The SMILES string of the molecule is [CH2]C=CC(C)CCC(C)CC(C)CCC[CH2]. The highest BCUT2D eigenvalue weighted by Crippen LogP contribution is 2.22. The molecule has 0 saturated carbocycles. The zero-order valence-corrected chi connectivity index (χ0v) is 11.5. The molecule has 0 heteroatoms. The van der Waals surface area contributed by atoms with Crippen LogP contribution in [0.2, 0.25) is 0 Å². The van der Waals surface area contributed by atoms with Crippen LogP contribution in [0.5, 0.6) is 0 Å². The lowest BCUT2D eigenvalue weighted by atomic mass is 9.88. The first-order valence-corrected chi connectivity index (χ1v) is 6.85. The molecule has 0 aliphatic rings. The van der Waals surface area contributed by atoms with Gasteiger partial charge in [0.1, 0.15) is 0 Å². The summed E-state index contributed by atoms with van der Waals surface area (Å²) in [6.07, 6.45) is 11.9. The second-order valence-electron chi connectivity index (χ2n) is 5.42. The summed E-state index contributed by atoms with van der Waals surface area (Å²) in [7, 11) is 0. The quantitative estimate of drug-likeness (QED) is 0.486. The van der Waals surface area contributed by atoms with Crippen molar-refractivity contribution in [2.45, 2.75) is 59.3 Å². The number of allylic oxidation sites excluding steroid dienone is 2. The minimum absolute atomic E-state index is 0.690. The zero-order chi connectivity index (χ0) is 12.4. The lowest BCUT2D eigenvalue weighted by Crippen LogP contribution is -2.05. The molecule has 2 radical (unpaired) electrons. The Hall–Kier alpha value is -0.260. The molecule has 0 aliphatic carbocycles. The highest BCUT2D eigenvalue weighted by molar-refractivity contribution is 4.88. The maximum atomic E-state index is 3.90. The van der Waals surface area contributed by atoms with Gasteiger partial charge in [0, 0.05) is 0 Å². The molecule has 0 aromatic rings. The summed E-state index contributed by atoms with van der Waals surface area (Å²) in [5.74, 6) is 2.42. The molecule has 0 nitrogen and oxygen atoms in total. The Morgan fingerprint density at radius 2 is 1.62 bits per heavy atom. The Bertz CT molecular complexity index is 169. The molecule has 0 spiro atoms. The summed E-state index contributed by atoms with van der Waals surface area (Å²) < 4.78 is 0. The molecule has 0 aliphatic heterocycles. The highest BCUT2D eigenvalue weighted by Gasteiger charge is 2.09. The van der Waals surface area contributed by atoms with Crippen LogP contribution in [-0.2, 0) is 0 Å². The third kappa shape index (κ3) is 9.00. The smallest absolute Gasteiger partial charge is 0.0262 e. The van der Waals surface area contributed by atoms with Gasteiger partial charge in [0.05, 0.1) is 0 Å². The fraction of sp³-hybridized carbons (Fsp3) is 0.750. The van der Waals surface area contributed by atoms with Crippen molar-refractivity contribution in [3.8, 4) is 0 Å². The van der Waals surface area contributed by atoms with E-state index >= 15 is 0 Å². The number of hydrogen-bond donors (Lipinski definition) is 0. The molecule has 0 amide bonds. The van der Waals surface area contributed by atoms with Crippen LogP contribution < -0.4 is 0 Å². The van der Waals surface area contributed by atoms with Crippen molar-refractivity contribution in [3.63, 3.8) is 0 Å². The van der Waals surface area contributed by atoms with Gasteiger partial charge in [0.15, 0.2) is 0 Å². The Labute approximate surface area is 104 Å². The Morgan fingerprint density at radius 3 is 2.19 bits per heavy atom. The summed E-state index contributed by atoms with van der Waals surface area (Å²) in [5.41, 5.74) is 0. The maximum Gasteiger partial charge on any atom is -0.0262 e. The third-order valence-corrected chi connectivity index (χ3v) is 3.33. The predicted molar refractivity (Wildman–Crippen MR) is 75.0 cm³/mol. The van der Waals surface area contributed by atoms with Gasteiger partial charge in [-0.1, -0.05) is 65.5 Å². The van der Waals surface area contributed by atoms with E-state index in [9.17, 15) is 0 Å². The van der Waals surface area contributed by atoms with Crippen molar-refractivity contribution >= 4 is 0 Å². The van der Waals surface area contributed by atoms with Crippen molar-refractivity contribution in [3.05, 3.63) is 26.0 Å². The van der Waals surface area contributed by atoms with Gasteiger partial charge < -0.3 is 0 Å². The molecule has 0 aromatic carbocycles. The summed E-state index contributed by atoms with van der Waals surface area (Å²) in [6, 6.07) is 0. The number of rotatable bonds is 9. The van der Waals surface area contributed by atoms with E-state index < -0.39 is 0 Å². The van der Waals surface area contributed by atoms with Gasteiger partial charge in [-0.3, -0.25) is 0 Å². The summed E-state index contributed by atoms with van der Waals surface area (Å²) in [5, 5.41) is 0. The minimum atomic E-state index is 0.690. The topological polar surface area (TPSA) is 0 Å². The molecule has 0 saturated heterocycles. The molecule has 0 heterocycles. The van der Waals surface area contributed by atoms with E-state index in [0.29, 0.717) is 5.92 Å². The Balaban J connectivity index is 3.60. The molecule has 3 atom stereocenters. The average molecular weight is 222 g/mol. The van der Waals surface area contributed by atoms with E-state index in [2.05, 4.69) is 40.7 Å². The molecular formula is C16H30. The molecule has 16 heavy (non-hydrogen) atoms. The second kappa shape index (κ2) is 9.93. The van der Waals surface area contributed by atoms with Gasteiger partial charge in [-0.25, -0.2) is 0 Å². The van der Waals surface area contributed by atoms with E-state index in [1.54, 1.807) is 0 Å². The minimum Gasteiger partial charge on any atom is -0.0880 e. The monoisotopic (exact) mass is 222 g/mol. The van der Waals surface area contributed by atoms with Crippen LogP contribution in [0.15, 0.2) is 12.2 Å². The summed E-state index contributed by atoms with van der Waals surface area (Å²) in [6.45, 7) is 14.7. The Morgan fingerprint density at radius 1 is 1.00 bits per heavy atom. The third-order valence-electron chi connectivity index (χ3n) is 3.33. The fourth-order valence-electron chi connectivity index (χ4n) is 2.29. The molecule has 94 valence electrons. The zero-order valence-electron chi connectivity index (χ0n) is 11.5. The largest absolute Gasteiger partial charge is 0.0880 e. The summed E-state index contributed by atoms with van der Waals surface area (Å²) >= 11 is 0. The summed E-state index contributed by atoms with van der Waals surface area (Å²) in [4.78, 5) is 0. The highest BCUT2D eigenvalue weighted by atomic mass is 14.1. The van der Waals surface area contributed by atoms with Gasteiger partial charge in [-0.05, 0) is 37.5 Å². The van der Waals surface area contributed by atoms with Gasteiger partial charge in [0.2, 0.25) is 0 Å². The van der Waals surface area contributed by atoms with Crippen molar-refractivity contribution in [2.24, 2.45) is 17.8 Å². The molecule has 0 bridgehead atoms. The maximum absolute atomic E-state index is 3.90. The first-order chi connectivity index (χ1) is 7.60. The first-order valence-electron chi connectivity index (χ1n) is 6.85. The molecule has 0 fully saturated rings. The average Bonchev–Trinajstić information content (AvgIpc) is 2.24. The van der Waals surface area contributed by atoms with Crippen LogP contribution in [-0.4, -0.2) is 0 Å². The van der Waals surface area contributed by atoms with Crippen LogP contribution in [0.3, 0.4) is 0 Å². The van der Waals surface area contributed by atoms with E-state index in [0.717, 1.165) is 18.3 Å². The molecular weight excluding hydrogens is 192 g/mol. The number of unbranched alkanes of at least 4 members (excludes halogenated alkanes) is 1. The van der Waals surface area contributed by atoms with Crippen LogP contribution in [0.25, 0.3) is 0 Å². The van der Waals surface area contributed by atoms with Crippen molar-refractivity contribution in [2.75, 3.05) is 0 Å². The van der Waals surface area contributed by atoms with Gasteiger partial charge >= 0.3 is 0 Å². The van der Waals surface area contributed by atoms with Gasteiger partial charge in [-0.15, -0.1) is 0 Å². The van der Waals surface area contributed by atoms with E-state index in [1.807, 2.05) is 6.08 Å². The van der Waals surface area contributed by atoms with Crippen molar-refractivity contribution < 1.29 is 0 Å². The van der Waals surface area contributed by atoms with E-state index in [-0.39, 0.29) is 0 Å². The van der Waals surface area contributed by atoms with Gasteiger partial charge in [-0.2, -0.15) is 0 Å². The normalized spacial score (nSPS) is 17.6. The molecule has 0 rings (SSSR count). The second-order valence-corrected chi connectivity index (χ2v) is 5.42. The molecule has 3 unspecified atom stereocenters. The van der Waals surface area contributed by atoms with E-state index in [4.69, 9.17) is 0 Å². The first kappa shape index (κ1) is 15.7. The van der Waals surface area contributed by atoms with Crippen LogP contribution in [0, 0.1) is 31.6 Å². The molecule has 0 aromatic heterocycles. The predicted octanol–water partition coefficient (Wildman–Crippen LogP) is 5.46. The van der Waals surface area contributed by atoms with Crippen molar-refractivity contribution in [1.82, 2.24) is 0 Å². The van der Waals surface area contributed by atoms with Crippen molar-refractivity contribution in [1.29, 1.82) is 0 Å². The lowest BCUT2D eigenvalue weighted by Gasteiger charge is -2.18. The van der Waals surface area contributed by atoms with E-state index in [1.165, 1.54) is 32.1 Å². The number of hydrogen-bond acceptors (Lipinski definition) is 0.